The van der Waals surface area contributed by atoms with Crippen LogP contribution in [0.4, 0.5) is 11.4 Å². The van der Waals surface area contributed by atoms with Crippen LogP contribution in [0, 0.1) is 0 Å². The summed E-state index contributed by atoms with van der Waals surface area (Å²) in [5.41, 5.74) is 7.21. The number of benzene rings is 1. The quantitative estimate of drug-likeness (QED) is 0.665. The zero-order valence-corrected chi connectivity index (χ0v) is 15.2. The van der Waals surface area contributed by atoms with Crippen molar-refractivity contribution in [1.82, 2.24) is 9.88 Å². The molecule has 4 N–H and O–H groups in total. The predicted molar refractivity (Wildman–Crippen MR) is 101 cm³/mol. The van der Waals surface area contributed by atoms with Gasteiger partial charge in [-0.05, 0) is 44.9 Å². The van der Waals surface area contributed by atoms with Crippen molar-refractivity contribution in [3.05, 3.63) is 40.3 Å². The molecule has 2 aromatic rings. The molecular formula is C17H23N5O2S. The maximum absolute atomic E-state index is 12.2. The average molecular weight is 361 g/mol. The molecule has 0 bridgehead atoms. The van der Waals surface area contributed by atoms with E-state index in [0.29, 0.717) is 43.0 Å². The van der Waals surface area contributed by atoms with Crippen molar-refractivity contribution < 1.29 is 9.59 Å². The van der Waals surface area contributed by atoms with E-state index in [2.05, 4.69) is 15.6 Å². The molecule has 2 rings (SSSR count). The van der Waals surface area contributed by atoms with Gasteiger partial charge in [0.2, 0.25) is 5.91 Å². The van der Waals surface area contributed by atoms with Gasteiger partial charge in [-0.2, -0.15) is 0 Å². The van der Waals surface area contributed by atoms with Gasteiger partial charge in [-0.15, -0.1) is 11.3 Å². The zero-order valence-electron chi connectivity index (χ0n) is 14.4. The molecule has 0 fully saturated rings. The van der Waals surface area contributed by atoms with Crippen LogP contribution < -0.4 is 16.4 Å². The summed E-state index contributed by atoms with van der Waals surface area (Å²) in [6, 6.07) is 6.99. The van der Waals surface area contributed by atoms with Crippen molar-refractivity contribution in [2.75, 3.05) is 37.8 Å². The third-order valence-corrected chi connectivity index (χ3v) is 4.26. The van der Waals surface area contributed by atoms with Crippen LogP contribution in [-0.2, 0) is 11.2 Å². The number of carbonyl (C=O) groups is 2. The summed E-state index contributed by atoms with van der Waals surface area (Å²) in [6.45, 7) is 1.20. The van der Waals surface area contributed by atoms with Crippen LogP contribution in [0.1, 0.15) is 21.9 Å². The molecule has 0 atom stereocenters. The van der Waals surface area contributed by atoms with Crippen LogP contribution >= 0.6 is 11.3 Å². The lowest BCUT2D eigenvalue weighted by atomic mass is 10.2. The van der Waals surface area contributed by atoms with Gasteiger partial charge in [0.05, 0.1) is 5.01 Å². The van der Waals surface area contributed by atoms with Gasteiger partial charge in [-0.1, -0.05) is 0 Å². The minimum Gasteiger partial charge on any atom is -0.330 e. The summed E-state index contributed by atoms with van der Waals surface area (Å²) < 4.78 is 0. The van der Waals surface area contributed by atoms with Gasteiger partial charge >= 0.3 is 0 Å². The average Bonchev–Trinajstić information content (AvgIpc) is 3.04. The fraction of sp³-hybridized carbons (Fsp3) is 0.353. The molecule has 0 saturated carbocycles. The Labute approximate surface area is 151 Å². The highest BCUT2D eigenvalue weighted by molar-refractivity contribution is 7.09. The number of hydrogen-bond donors (Lipinski definition) is 3. The molecule has 25 heavy (non-hydrogen) atoms. The lowest BCUT2D eigenvalue weighted by molar-refractivity contribution is -0.116. The summed E-state index contributed by atoms with van der Waals surface area (Å²) in [5.74, 6) is -0.303. The third kappa shape index (κ3) is 6.26. The normalized spacial score (nSPS) is 10.7. The van der Waals surface area contributed by atoms with Gasteiger partial charge in [0.15, 0.2) is 0 Å². The maximum atomic E-state index is 12.2. The van der Waals surface area contributed by atoms with E-state index in [-0.39, 0.29) is 11.8 Å². The summed E-state index contributed by atoms with van der Waals surface area (Å²) in [4.78, 5) is 30.2. The van der Waals surface area contributed by atoms with E-state index in [1.165, 1.54) is 11.3 Å². The number of nitrogens with zero attached hydrogens (tertiary/aromatic N) is 2. The van der Waals surface area contributed by atoms with Crippen molar-refractivity contribution in [3.63, 3.8) is 0 Å². The fourth-order valence-electron chi connectivity index (χ4n) is 2.03. The number of aromatic nitrogens is 1. The zero-order chi connectivity index (χ0) is 18.2. The molecule has 134 valence electrons. The molecule has 0 spiro atoms. The van der Waals surface area contributed by atoms with Crippen molar-refractivity contribution >= 4 is 34.5 Å². The minimum absolute atomic E-state index is 0.0413. The Bertz CT molecular complexity index is 712. The Morgan fingerprint density at radius 1 is 1.16 bits per heavy atom. The highest BCUT2D eigenvalue weighted by Gasteiger charge is 2.11. The van der Waals surface area contributed by atoms with E-state index in [1.54, 1.807) is 29.6 Å². The number of thiazole rings is 1. The van der Waals surface area contributed by atoms with Crippen molar-refractivity contribution in [3.8, 4) is 0 Å². The Morgan fingerprint density at radius 2 is 1.80 bits per heavy atom. The van der Waals surface area contributed by atoms with Crippen LogP contribution in [0.2, 0.25) is 0 Å². The van der Waals surface area contributed by atoms with E-state index in [4.69, 9.17) is 5.73 Å². The molecule has 0 saturated heterocycles. The fourth-order valence-corrected chi connectivity index (χ4v) is 2.83. The number of amides is 2. The highest BCUT2D eigenvalue weighted by atomic mass is 32.1. The van der Waals surface area contributed by atoms with Crippen LogP contribution in [0.25, 0.3) is 0 Å². The summed E-state index contributed by atoms with van der Waals surface area (Å²) in [7, 11) is 3.85. The van der Waals surface area contributed by atoms with E-state index in [1.807, 2.05) is 19.0 Å². The van der Waals surface area contributed by atoms with E-state index in [9.17, 15) is 9.59 Å². The maximum Gasteiger partial charge on any atom is 0.275 e. The van der Waals surface area contributed by atoms with Crippen molar-refractivity contribution in [2.45, 2.75) is 12.8 Å². The molecule has 1 heterocycles. The lowest BCUT2D eigenvalue weighted by Crippen LogP contribution is -2.20. The summed E-state index contributed by atoms with van der Waals surface area (Å²) in [6.07, 6.45) is 1.10. The molecule has 0 aliphatic carbocycles. The first kappa shape index (κ1) is 19.0. The Hall–Kier alpha value is -2.29. The van der Waals surface area contributed by atoms with Crippen molar-refractivity contribution in [2.24, 2.45) is 5.73 Å². The number of nitrogens with one attached hydrogen (secondary N) is 2. The standard InChI is InChI=1S/C17H23N5O2S/c1-22(2)10-8-15(23)19-12-3-5-13(6-4-12)20-17(24)14-11-25-16(21-14)7-9-18/h3-6,11H,7-10,18H2,1-2H3,(H,19,23)(H,20,24). The van der Waals surface area contributed by atoms with Crippen LogP contribution in [0.15, 0.2) is 29.6 Å². The van der Waals surface area contributed by atoms with Crippen molar-refractivity contribution in [1.29, 1.82) is 0 Å². The number of anilines is 2. The van der Waals surface area contributed by atoms with E-state index >= 15 is 0 Å². The topological polar surface area (TPSA) is 100 Å². The molecule has 7 nitrogen and oxygen atoms in total. The lowest BCUT2D eigenvalue weighted by Gasteiger charge is -2.10. The molecule has 1 aromatic heterocycles. The second-order valence-electron chi connectivity index (χ2n) is 5.80. The van der Waals surface area contributed by atoms with Gasteiger partial charge in [0.1, 0.15) is 5.69 Å². The van der Waals surface area contributed by atoms with Gasteiger partial charge < -0.3 is 21.3 Å². The molecule has 0 aliphatic rings. The van der Waals surface area contributed by atoms with E-state index in [0.717, 1.165) is 5.01 Å². The largest absolute Gasteiger partial charge is 0.330 e. The molecule has 0 radical (unpaired) electrons. The Kier molecular flexibility index (Phi) is 7.05. The number of nitrogens with two attached hydrogens (primary N) is 1. The second kappa shape index (κ2) is 9.26. The van der Waals surface area contributed by atoms with Gasteiger partial charge in [0, 0.05) is 36.1 Å². The van der Waals surface area contributed by atoms with Crippen LogP contribution in [0.3, 0.4) is 0 Å². The number of carbonyl (C=O) groups excluding carboxylic acids is 2. The van der Waals surface area contributed by atoms with Crippen LogP contribution in [-0.4, -0.2) is 48.9 Å². The predicted octanol–water partition coefficient (Wildman–Crippen LogP) is 1.79. The summed E-state index contributed by atoms with van der Waals surface area (Å²) >= 11 is 1.43. The highest BCUT2D eigenvalue weighted by Crippen LogP contribution is 2.16. The van der Waals surface area contributed by atoms with Gasteiger partial charge in [0.25, 0.3) is 5.91 Å². The van der Waals surface area contributed by atoms with Gasteiger partial charge in [-0.25, -0.2) is 4.98 Å². The minimum atomic E-state index is -0.262. The number of rotatable bonds is 8. The van der Waals surface area contributed by atoms with E-state index < -0.39 is 0 Å². The van der Waals surface area contributed by atoms with Gasteiger partial charge in [-0.3, -0.25) is 9.59 Å². The Morgan fingerprint density at radius 3 is 2.40 bits per heavy atom. The monoisotopic (exact) mass is 361 g/mol. The number of hydrogen-bond acceptors (Lipinski definition) is 6. The molecule has 8 heteroatoms. The molecule has 1 aromatic carbocycles. The molecular weight excluding hydrogens is 338 g/mol. The van der Waals surface area contributed by atoms with Crippen LogP contribution in [0.5, 0.6) is 0 Å². The summed E-state index contributed by atoms with van der Waals surface area (Å²) in [5, 5.41) is 8.19. The molecule has 2 amide bonds. The smallest absolute Gasteiger partial charge is 0.275 e. The first-order chi connectivity index (χ1) is 12.0. The second-order valence-corrected chi connectivity index (χ2v) is 6.74. The SMILES string of the molecule is CN(C)CCC(=O)Nc1ccc(NC(=O)c2csc(CCN)n2)cc1. The first-order valence-corrected chi connectivity index (χ1v) is 8.86. The third-order valence-electron chi connectivity index (χ3n) is 3.36. The molecule has 0 aliphatic heterocycles. The first-order valence-electron chi connectivity index (χ1n) is 7.98. The Balaban J connectivity index is 1.88. The molecule has 0 unspecified atom stereocenters.